The van der Waals surface area contributed by atoms with Crippen LogP contribution in [0.1, 0.15) is 35.8 Å². The highest BCUT2D eigenvalue weighted by Crippen LogP contribution is 2.54. The van der Waals surface area contributed by atoms with Crippen molar-refractivity contribution in [2.75, 3.05) is 0 Å². The number of primary amides is 1. The summed E-state index contributed by atoms with van der Waals surface area (Å²) in [5, 5.41) is 19.4. The lowest BCUT2D eigenvalue weighted by molar-refractivity contribution is -0.272. The molecule has 178 valence electrons. The highest BCUT2D eigenvalue weighted by molar-refractivity contribution is 5.91. The molecule has 1 saturated heterocycles. The monoisotopic (exact) mass is 475 g/mol. The van der Waals surface area contributed by atoms with E-state index in [0.29, 0.717) is 17.7 Å². The van der Waals surface area contributed by atoms with Crippen LogP contribution >= 0.6 is 0 Å². The molecule has 1 aliphatic heterocycles. The molecule has 1 aliphatic rings. The number of pyridine rings is 1. The number of phenols is 1. The molecule has 33 heavy (non-hydrogen) atoms. The summed E-state index contributed by atoms with van der Waals surface area (Å²) >= 11 is 0. The minimum absolute atomic E-state index is 0.246. The van der Waals surface area contributed by atoms with Crippen molar-refractivity contribution in [2.45, 2.75) is 37.6 Å². The molecule has 0 saturated carbocycles. The van der Waals surface area contributed by atoms with Crippen molar-refractivity contribution >= 4 is 11.8 Å². The number of nitrogens with two attached hydrogens (primary N) is 1. The van der Waals surface area contributed by atoms with Crippen molar-refractivity contribution in [2.24, 2.45) is 16.6 Å². The molecule has 1 aromatic heterocycles. The number of ether oxygens (including phenoxy) is 1. The predicted molar refractivity (Wildman–Crippen MR) is 100.0 cm³/mol. The number of aromatic hydroxyl groups is 1. The van der Waals surface area contributed by atoms with Gasteiger partial charge in [0.25, 0.3) is 11.8 Å². The fourth-order valence-electron chi connectivity index (χ4n) is 3.76. The van der Waals surface area contributed by atoms with E-state index < -0.39 is 70.2 Å². The van der Waals surface area contributed by atoms with Crippen molar-refractivity contribution < 1.29 is 46.6 Å². The molecule has 0 bridgehead atoms. The lowest BCUT2D eigenvalue weighted by atomic mass is 9.77. The first-order valence-corrected chi connectivity index (χ1v) is 9.40. The maximum absolute atomic E-state index is 14.0. The van der Waals surface area contributed by atoms with Crippen LogP contribution in [0, 0.1) is 17.6 Å². The Morgan fingerprint density at radius 2 is 1.88 bits per heavy atom. The van der Waals surface area contributed by atoms with Gasteiger partial charge in [0.2, 0.25) is 5.82 Å². The third-order valence-corrected chi connectivity index (χ3v) is 5.78. The molecule has 2 heterocycles. The molecular weight excluding hydrogens is 457 g/mol. The highest BCUT2D eigenvalue weighted by Gasteiger charge is 2.65. The van der Waals surface area contributed by atoms with Gasteiger partial charge in [-0.2, -0.15) is 22.3 Å². The topological polar surface area (TPSA) is 127 Å². The minimum atomic E-state index is -4.97. The minimum Gasteiger partial charge on any atom is -0.505 e. The zero-order valence-electron chi connectivity index (χ0n) is 17.1. The van der Waals surface area contributed by atoms with Crippen molar-refractivity contribution in [1.29, 1.82) is 0 Å². The number of benzene rings is 1. The first kappa shape index (κ1) is 24.2. The van der Waals surface area contributed by atoms with Gasteiger partial charge in [-0.15, -0.1) is 0 Å². The van der Waals surface area contributed by atoms with E-state index in [1.165, 1.54) is 0 Å². The van der Waals surface area contributed by atoms with Crippen LogP contribution in [0.5, 0.6) is 5.75 Å². The number of hydrogen-bond acceptors (Lipinski definition) is 5. The first-order chi connectivity index (χ1) is 15.2. The molecular formula is C20H18F5N3O5. The molecule has 4 atom stereocenters. The van der Waals surface area contributed by atoms with E-state index in [0.717, 1.165) is 31.3 Å². The second-order valence-corrected chi connectivity index (χ2v) is 7.69. The van der Waals surface area contributed by atoms with Crippen molar-refractivity contribution in [3.05, 3.63) is 58.7 Å². The van der Waals surface area contributed by atoms with Gasteiger partial charge in [-0.05, 0) is 25.1 Å². The van der Waals surface area contributed by atoms with Crippen LogP contribution in [-0.4, -0.2) is 44.7 Å². The SMILES string of the molecule is C[C@H]1[C@H](c2ccc(F)c(F)c2O)[C@@H](C(=O)N=c2ccn(O)c(C(N)=O)c2)O[C@]1(C)C(F)(F)F. The van der Waals surface area contributed by atoms with Gasteiger partial charge in [0.1, 0.15) is 11.8 Å². The summed E-state index contributed by atoms with van der Waals surface area (Å²) in [5.74, 6) is -9.81. The highest BCUT2D eigenvalue weighted by atomic mass is 19.4. The van der Waals surface area contributed by atoms with Gasteiger partial charge >= 0.3 is 6.18 Å². The maximum atomic E-state index is 14.0. The standard InChI is InChI=1S/C20H18F5N3O5/c1-8-13(10-3-4-11(21)14(22)15(10)29)16(33-19(8,2)20(23,24)25)18(31)27-9-5-6-28(32)12(7-9)17(26)30/h3-8,13,16,29,32H,1-2H3,(H2,26,30)/t8-,13+,16-,19-/m0/s1. The van der Waals surface area contributed by atoms with Gasteiger partial charge in [-0.25, -0.2) is 9.38 Å². The van der Waals surface area contributed by atoms with E-state index in [2.05, 4.69) is 4.99 Å². The van der Waals surface area contributed by atoms with E-state index in [9.17, 15) is 41.9 Å². The average Bonchev–Trinajstić information content (AvgIpc) is 3.00. The smallest absolute Gasteiger partial charge is 0.417 e. The zero-order chi connectivity index (χ0) is 24.9. The third kappa shape index (κ3) is 4.03. The number of phenolic OH excluding ortho intramolecular Hbond substituents is 1. The Balaban J connectivity index is 2.15. The molecule has 1 aromatic carbocycles. The second kappa shape index (κ2) is 8.14. The second-order valence-electron chi connectivity index (χ2n) is 7.69. The molecule has 1 fully saturated rings. The summed E-state index contributed by atoms with van der Waals surface area (Å²) in [6.07, 6.45) is -6.01. The van der Waals surface area contributed by atoms with Gasteiger partial charge < -0.3 is 20.8 Å². The van der Waals surface area contributed by atoms with Crippen molar-refractivity contribution in [3.8, 4) is 5.75 Å². The molecule has 0 unspecified atom stereocenters. The van der Waals surface area contributed by atoms with E-state index in [1.807, 2.05) is 0 Å². The number of halogens is 5. The Kier molecular flexibility index (Phi) is 5.96. The summed E-state index contributed by atoms with van der Waals surface area (Å²) < 4.78 is 74.4. The number of alkyl halides is 3. The van der Waals surface area contributed by atoms with Crippen LogP contribution in [0.3, 0.4) is 0 Å². The van der Waals surface area contributed by atoms with Gasteiger partial charge in [0, 0.05) is 23.6 Å². The largest absolute Gasteiger partial charge is 0.505 e. The van der Waals surface area contributed by atoms with Crippen LogP contribution in [0.2, 0.25) is 0 Å². The van der Waals surface area contributed by atoms with Gasteiger partial charge in [0.05, 0.1) is 5.36 Å². The molecule has 0 spiro atoms. The van der Waals surface area contributed by atoms with Gasteiger partial charge in [-0.1, -0.05) is 13.0 Å². The lowest BCUT2D eigenvalue weighted by Gasteiger charge is -2.31. The van der Waals surface area contributed by atoms with Crippen LogP contribution in [0.25, 0.3) is 0 Å². The lowest BCUT2D eigenvalue weighted by Crippen LogP contribution is -2.47. The number of carbonyl (C=O) groups is 2. The normalized spacial score (nSPS) is 25.9. The number of aromatic nitrogens is 1. The van der Waals surface area contributed by atoms with E-state index in [4.69, 9.17) is 10.5 Å². The fourth-order valence-corrected chi connectivity index (χ4v) is 3.76. The van der Waals surface area contributed by atoms with E-state index in [-0.39, 0.29) is 5.36 Å². The van der Waals surface area contributed by atoms with Crippen LogP contribution in [-0.2, 0) is 9.53 Å². The third-order valence-electron chi connectivity index (χ3n) is 5.78. The molecule has 4 N–H and O–H groups in total. The van der Waals surface area contributed by atoms with Crippen LogP contribution in [0.4, 0.5) is 22.0 Å². The Labute approximate surface area is 182 Å². The molecule has 13 heteroatoms. The Morgan fingerprint density at radius 3 is 2.45 bits per heavy atom. The van der Waals surface area contributed by atoms with E-state index in [1.54, 1.807) is 0 Å². The number of amides is 2. The quantitative estimate of drug-likeness (QED) is 0.464. The van der Waals surface area contributed by atoms with Crippen molar-refractivity contribution in [1.82, 2.24) is 4.73 Å². The first-order valence-electron chi connectivity index (χ1n) is 9.40. The predicted octanol–water partition coefficient (Wildman–Crippen LogP) is 2.38. The summed E-state index contributed by atoms with van der Waals surface area (Å²) in [7, 11) is 0. The number of rotatable bonds is 3. The van der Waals surface area contributed by atoms with Crippen LogP contribution < -0.4 is 11.1 Å². The molecule has 0 aliphatic carbocycles. The zero-order valence-corrected chi connectivity index (χ0v) is 17.1. The Morgan fingerprint density at radius 1 is 1.24 bits per heavy atom. The summed E-state index contributed by atoms with van der Waals surface area (Å²) in [4.78, 5) is 27.9. The summed E-state index contributed by atoms with van der Waals surface area (Å²) in [5.41, 5.74) is 1.25. The van der Waals surface area contributed by atoms with Crippen molar-refractivity contribution in [3.63, 3.8) is 0 Å². The Bertz CT molecular complexity index is 1200. The van der Waals surface area contributed by atoms with Gasteiger partial charge in [0.15, 0.2) is 17.2 Å². The molecule has 2 amide bonds. The summed E-state index contributed by atoms with van der Waals surface area (Å²) in [6.45, 7) is 1.78. The molecule has 3 rings (SSSR count). The van der Waals surface area contributed by atoms with E-state index >= 15 is 0 Å². The maximum Gasteiger partial charge on any atom is 0.417 e. The molecule has 2 aromatic rings. The molecule has 0 radical (unpaired) electrons. The van der Waals surface area contributed by atoms with Crippen LogP contribution in [0.15, 0.2) is 35.5 Å². The average molecular weight is 475 g/mol. The fraction of sp³-hybridized carbons (Fsp3) is 0.350. The number of hydrogen-bond donors (Lipinski definition) is 3. The number of carbonyl (C=O) groups excluding carboxylic acids is 2. The Hall–Kier alpha value is -3.48. The summed E-state index contributed by atoms with van der Waals surface area (Å²) in [6, 6.07) is 3.44. The van der Waals surface area contributed by atoms with Gasteiger partial charge in [-0.3, -0.25) is 9.59 Å². The number of nitrogens with zero attached hydrogens (tertiary/aromatic N) is 2. The molecule has 8 nitrogen and oxygen atoms in total.